The number of nitrogens with zero attached hydrogens (tertiary/aromatic N) is 1. The molecule has 7 heteroatoms. The highest BCUT2D eigenvalue weighted by molar-refractivity contribution is 7.89. The summed E-state index contributed by atoms with van der Waals surface area (Å²) in [6.07, 6.45) is 3.10. The maximum atomic E-state index is 13.1. The van der Waals surface area contributed by atoms with Crippen molar-refractivity contribution in [1.29, 1.82) is 0 Å². The van der Waals surface area contributed by atoms with Gasteiger partial charge in [0.25, 0.3) is 0 Å². The molecule has 1 amide bonds. The van der Waals surface area contributed by atoms with Crippen LogP contribution in [0, 0.1) is 12.8 Å². The Morgan fingerprint density at radius 1 is 1.09 bits per heavy atom. The molecule has 2 fully saturated rings. The van der Waals surface area contributed by atoms with Crippen LogP contribution in [0.3, 0.4) is 0 Å². The molecule has 0 aliphatic carbocycles. The van der Waals surface area contributed by atoms with E-state index >= 15 is 0 Å². The van der Waals surface area contributed by atoms with Crippen LogP contribution in [0.5, 0.6) is 0 Å². The fraction of sp³-hybridized carbons (Fsp3) is 0.480. The molecule has 2 aromatic carbocycles. The fourth-order valence-electron chi connectivity index (χ4n) is 4.76. The van der Waals surface area contributed by atoms with Gasteiger partial charge in [0.05, 0.1) is 10.8 Å². The van der Waals surface area contributed by atoms with Crippen LogP contribution in [0.1, 0.15) is 36.8 Å². The van der Waals surface area contributed by atoms with Crippen molar-refractivity contribution >= 4 is 15.9 Å². The second-order valence-electron chi connectivity index (χ2n) is 8.99. The van der Waals surface area contributed by atoms with E-state index in [0.29, 0.717) is 39.1 Å². The van der Waals surface area contributed by atoms with Gasteiger partial charge in [-0.3, -0.25) is 4.79 Å². The first kappa shape index (κ1) is 23.0. The molecule has 0 saturated carbocycles. The smallest absolute Gasteiger partial charge is 0.243 e. The van der Waals surface area contributed by atoms with E-state index in [9.17, 15) is 13.2 Å². The quantitative estimate of drug-likeness (QED) is 0.724. The molecule has 1 atom stereocenters. The standard InChI is InChI=1S/C25H32N2O4S/c1-20-9-11-23(12-10-20)32(29,30)27-15-5-6-21(18-27)24(28)26-19-25(13-16-31-17-14-25)22-7-3-2-4-8-22/h2-4,7-12,21H,5-6,13-19H2,1H3,(H,26,28)/t21-/m1/s1. The lowest BCUT2D eigenvalue weighted by atomic mass is 9.74. The molecule has 0 aromatic heterocycles. The summed E-state index contributed by atoms with van der Waals surface area (Å²) in [6.45, 7) is 4.50. The number of benzene rings is 2. The van der Waals surface area contributed by atoms with Gasteiger partial charge in [0.15, 0.2) is 0 Å². The zero-order valence-corrected chi connectivity index (χ0v) is 19.4. The predicted molar refractivity (Wildman–Crippen MR) is 124 cm³/mol. The number of carbonyl (C=O) groups excluding carboxylic acids is 1. The van der Waals surface area contributed by atoms with Gasteiger partial charge < -0.3 is 10.1 Å². The lowest BCUT2D eigenvalue weighted by molar-refractivity contribution is -0.126. The van der Waals surface area contributed by atoms with Gasteiger partial charge in [-0.1, -0.05) is 48.0 Å². The van der Waals surface area contributed by atoms with Crippen molar-refractivity contribution < 1.29 is 17.9 Å². The Morgan fingerprint density at radius 2 is 1.78 bits per heavy atom. The third-order valence-corrected chi connectivity index (χ3v) is 8.73. The van der Waals surface area contributed by atoms with E-state index in [2.05, 4.69) is 17.4 Å². The molecule has 2 aliphatic heterocycles. The molecular weight excluding hydrogens is 424 g/mol. The van der Waals surface area contributed by atoms with Gasteiger partial charge in [-0.2, -0.15) is 4.31 Å². The van der Waals surface area contributed by atoms with Crippen LogP contribution >= 0.6 is 0 Å². The summed E-state index contributed by atoms with van der Waals surface area (Å²) in [5, 5.41) is 3.16. The molecule has 2 saturated heterocycles. The Bertz CT molecular complexity index is 1020. The molecule has 0 spiro atoms. The van der Waals surface area contributed by atoms with E-state index < -0.39 is 10.0 Å². The number of nitrogens with one attached hydrogen (secondary N) is 1. The maximum Gasteiger partial charge on any atom is 0.243 e. The van der Waals surface area contributed by atoms with E-state index in [1.165, 1.54) is 9.87 Å². The molecule has 4 rings (SSSR count). The van der Waals surface area contributed by atoms with Crippen LogP contribution in [0.15, 0.2) is 59.5 Å². The number of hydrogen-bond donors (Lipinski definition) is 1. The fourth-order valence-corrected chi connectivity index (χ4v) is 6.28. The number of hydrogen-bond acceptors (Lipinski definition) is 4. The maximum absolute atomic E-state index is 13.1. The van der Waals surface area contributed by atoms with Gasteiger partial charge in [0.2, 0.25) is 15.9 Å². The molecule has 0 radical (unpaired) electrons. The van der Waals surface area contributed by atoms with Crippen molar-refractivity contribution in [2.75, 3.05) is 32.8 Å². The summed E-state index contributed by atoms with van der Waals surface area (Å²) < 4.78 is 33.2. The lowest BCUT2D eigenvalue weighted by Gasteiger charge is -2.38. The first-order valence-electron chi connectivity index (χ1n) is 11.4. The van der Waals surface area contributed by atoms with Gasteiger partial charge in [-0.15, -0.1) is 0 Å². The normalized spacial score (nSPS) is 21.7. The van der Waals surface area contributed by atoms with Gasteiger partial charge in [0, 0.05) is 38.3 Å². The van der Waals surface area contributed by atoms with E-state index in [1.807, 2.05) is 25.1 Å². The molecular formula is C25H32N2O4S. The topological polar surface area (TPSA) is 75.7 Å². The van der Waals surface area contributed by atoms with Crippen LogP contribution in [0.25, 0.3) is 0 Å². The van der Waals surface area contributed by atoms with Crippen molar-refractivity contribution in [1.82, 2.24) is 9.62 Å². The van der Waals surface area contributed by atoms with Gasteiger partial charge in [-0.05, 0) is 50.3 Å². The number of amides is 1. The monoisotopic (exact) mass is 456 g/mol. The summed E-state index contributed by atoms with van der Waals surface area (Å²) in [5.41, 5.74) is 2.09. The van der Waals surface area contributed by atoms with Gasteiger partial charge in [-0.25, -0.2) is 8.42 Å². The number of rotatable bonds is 6. The predicted octanol–water partition coefficient (Wildman–Crippen LogP) is 3.26. The molecule has 32 heavy (non-hydrogen) atoms. The Hall–Kier alpha value is -2.22. The molecule has 6 nitrogen and oxygen atoms in total. The van der Waals surface area contributed by atoms with Crippen molar-refractivity contribution in [3.8, 4) is 0 Å². The Morgan fingerprint density at radius 3 is 2.47 bits per heavy atom. The van der Waals surface area contributed by atoms with Crippen LogP contribution in [0.2, 0.25) is 0 Å². The molecule has 2 aliphatic rings. The number of ether oxygens (including phenoxy) is 1. The lowest BCUT2D eigenvalue weighted by Crippen LogP contribution is -2.49. The van der Waals surface area contributed by atoms with Gasteiger partial charge >= 0.3 is 0 Å². The van der Waals surface area contributed by atoms with Crippen molar-refractivity contribution in [2.24, 2.45) is 5.92 Å². The highest BCUT2D eigenvalue weighted by Gasteiger charge is 2.37. The molecule has 2 aromatic rings. The number of carbonyl (C=O) groups is 1. The first-order valence-corrected chi connectivity index (χ1v) is 12.8. The molecule has 2 heterocycles. The summed E-state index contributed by atoms with van der Waals surface area (Å²) in [4.78, 5) is 13.4. The van der Waals surface area contributed by atoms with Crippen LogP contribution in [-0.4, -0.2) is 51.5 Å². The summed E-state index contributed by atoms with van der Waals surface area (Å²) >= 11 is 0. The van der Waals surface area contributed by atoms with E-state index in [4.69, 9.17) is 4.74 Å². The third kappa shape index (κ3) is 4.90. The second-order valence-corrected chi connectivity index (χ2v) is 10.9. The van der Waals surface area contributed by atoms with Crippen molar-refractivity contribution in [2.45, 2.75) is 42.9 Å². The Labute approximate surface area is 191 Å². The molecule has 0 bridgehead atoms. The molecule has 0 unspecified atom stereocenters. The molecule has 172 valence electrons. The van der Waals surface area contributed by atoms with Crippen molar-refractivity contribution in [3.05, 3.63) is 65.7 Å². The van der Waals surface area contributed by atoms with E-state index in [1.54, 1.807) is 24.3 Å². The summed E-state index contributed by atoms with van der Waals surface area (Å²) in [7, 11) is -3.60. The highest BCUT2D eigenvalue weighted by atomic mass is 32.2. The minimum atomic E-state index is -3.60. The number of piperidine rings is 1. The SMILES string of the molecule is Cc1ccc(S(=O)(=O)N2CCC[C@@H](C(=O)NCC3(c4ccccc4)CCOCC3)C2)cc1. The average molecular weight is 457 g/mol. The third-order valence-electron chi connectivity index (χ3n) is 6.85. The van der Waals surface area contributed by atoms with Crippen LogP contribution in [0.4, 0.5) is 0 Å². The highest BCUT2D eigenvalue weighted by Crippen LogP contribution is 2.34. The average Bonchev–Trinajstić information content (AvgIpc) is 2.84. The van der Waals surface area contributed by atoms with Crippen LogP contribution in [-0.2, 0) is 25.0 Å². The first-order chi connectivity index (χ1) is 15.4. The zero-order valence-electron chi connectivity index (χ0n) is 18.6. The van der Waals surface area contributed by atoms with E-state index in [-0.39, 0.29) is 28.7 Å². The molecule has 1 N–H and O–H groups in total. The summed E-state index contributed by atoms with van der Waals surface area (Å²) in [6, 6.07) is 17.2. The Balaban J connectivity index is 1.43. The Kier molecular flexibility index (Phi) is 6.98. The minimum Gasteiger partial charge on any atom is -0.381 e. The number of sulfonamides is 1. The van der Waals surface area contributed by atoms with Gasteiger partial charge in [0.1, 0.15) is 0 Å². The van der Waals surface area contributed by atoms with Crippen molar-refractivity contribution in [3.63, 3.8) is 0 Å². The summed E-state index contributed by atoms with van der Waals surface area (Å²) in [5.74, 6) is -0.396. The number of aryl methyl sites for hydroxylation is 1. The van der Waals surface area contributed by atoms with Crippen LogP contribution < -0.4 is 5.32 Å². The minimum absolute atomic E-state index is 0.0596. The zero-order chi connectivity index (χ0) is 22.6. The second kappa shape index (κ2) is 9.73. The largest absolute Gasteiger partial charge is 0.381 e. The van der Waals surface area contributed by atoms with E-state index in [0.717, 1.165) is 18.4 Å².